The van der Waals surface area contributed by atoms with Gasteiger partial charge in [-0.25, -0.2) is 4.39 Å². The molecule has 8 nitrogen and oxygen atoms in total. The van der Waals surface area contributed by atoms with Crippen LogP contribution in [0.5, 0.6) is 0 Å². The van der Waals surface area contributed by atoms with Gasteiger partial charge in [0, 0.05) is 33.1 Å². The zero-order valence-electron chi connectivity index (χ0n) is 19.9. The van der Waals surface area contributed by atoms with Gasteiger partial charge < -0.3 is 19.5 Å². The second kappa shape index (κ2) is 9.47. The van der Waals surface area contributed by atoms with Gasteiger partial charge in [-0.05, 0) is 42.2 Å². The van der Waals surface area contributed by atoms with Crippen LogP contribution < -0.4 is 10.2 Å². The van der Waals surface area contributed by atoms with Gasteiger partial charge in [0.2, 0.25) is 11.8 Å². The van der Waals surface area contributed by atoms with E-state index in [0.29, 0.717) is 34.9 Å². The van der Waals surface area contributed by atoms with Crippen LogP contribution in [-0.2, 0) is 17.6 Å². The Morgan fingerprint density at radius 3 is 2.59 bits per heavy atom. The molecule has 1 aliphatic carbocycles. The van der Waals surface area contributed by atoms with E-state index in [9.17, 15) is 22.4 Å². The number of benzene rings is 1. The van der Waals surface area contributed by atoms with Crippen molar-refractivity contribution in [1.29, 1.82) is 0 Å². The van der Waals surface area contributed by atoms with E-state index in [-0.39, 0.29) is 35.9 Å². The molecule has 1 N–H and O–H groups in total. The van der Waals surface area contributed by atoms with E-state index in [4.69, 9.17) is 16.0 Å². The average molecular weight is 539 g/mol. The molecule has 1 saturated heterocycles. The molecule has 2 atom stereocenters. The van der Waals surface area contributed by atoms with Gasteiger partial charge in [0.1, 0.15) is 5.82 Å². The lowest BCUT2D eigenvalue weighted by molar-refractivity contribution is -0.191. The van der Waals surface area contributed by atoms with Crippen LogP contribution in [0.15, 0.2) is 34.9 Å². The summed E-state index contributed by atoms with van der Waals surface area (Å²) < 4.78 is 61.7. The Morgan fingerprint density at radius 1 is 1.22 bits per heavy atom. The second-order valence-electron chi connectivity index (χ2n) is 9.32. The van der Waals surface area contributed by atoms with Crippen molar-refractivity contribution >= 4 is 29.2 Å². The van der Waals surface area contributed by atoms with E-state index in [1.54, 1.807) is 17.9 Å². The van der Waals surface area contributed by atoms with E-state index in [1.165, 1.54) is 24.4 Å². The minimum atomic E-state index is -4.73. The van der Waals surface area contributed by atoms with Gasteiger partial charge in [-0.15, -0.1) is 5.10 Å². The molecular formula is C24H23ClF4N6O2. The lowest BCUT2D eigenvalue weighted by Crippen LogP contribution is -2.55. The van der Waals surface area contributed by atoms with Gasteiger partial charge in [0.05, 0.1) is 28.5 Å². The molecule has 0 spiro atoms. The van der Waals surface area contributed by atoms with Crippen LogP contribution in [0, 0.1) is 18.7 Å². The Balaban J connectivity index is 1.25. The average Bonchev–Trinajstić information content (AvgIpc) is 3.42. The quantitative estimate of drug-likeness (QED) is 0.467. The third kappa shape index (κ3) is 4.94. The second-order valence-corrected chi connectivity index (χ2v) is 9.73. The molecular weight excluding hydrogens is 516 g/mol. The van der Waals surface area contributed by atoms with Crippen LogP contribution in [0.3, 0.4) is 0 Å². The van der Waals surface area contributed by atoms with Crippen molar-refractivity contribution in [3.63, 3.8) is 0 Å². The Morgan fingerprint density at radius 2 is 1.97 bits per heavy atom. The topological polar surface area (TPSA) is 87.4 Å². The molecule has 3 aromatic rings. The highest BCUT2D eigenvalue weighted by molar-refractivity contribution is 6.30. The molecule has 0 bridgehead atoms. The molecule has 196 valence electrons. The summed E-state index contributed by atoms with van der Waals surface area (Å²) in [6.07, 6.45) is -2.49. The molecule has 1 amide bonds. The van der Waals surface area contributed by atoms with Crippen molar-refractivity contribution in [2.45, 2.75) is 38.0 Å². The summed E-state index contributed by atoms with van der Waals surface area (Å²) in [6.45, 7) is 1.99. The van der Waals surface area contributed by atoms with Crippen molar-refractivity contribution < 1.29 is 26.8 Å². The van der Waals surface area contributed by atoms with Gasteiger partial charge in [-0.2, -0.15) is 13.2 Å². The minimum absolute atomic E-state index is 0.0571. The fraction of sp³-hybridized carbons (Fsp3) is 0.417. The number of carbonyl (C=O) groups excluding carboxylic acids is 1. The number of halogens is 5. The summed E-state index contributed by atoms with van der Waals surface area (Å²) in [5.41, 5.74) is 1.57. The summed E-state index contributed by atoms with van der Waals surface area (Å²) in [6, 6.07) is 3.89. The smallest absolute Gasteiger partial charge is 0.408 e. The number of rotatable bonds is 6. The number of anilines is 2. The van der Waals surface area contributed by atoms with Crippen molar-refractivity contribution in [3.05, 3.63) is 64.0 Å². The number of fused-ring (bicyclic) bond motifs is 1. The number of hydrogen-bond acceptors (Lipinski definition) is 7. The van der Waals surface area contributed by atoms with Crippen molar-refractivity contribution in [2.75, 3.05) is 30.4 Å². The molecule has 3 heterocycles. The zero-order valence-corrected chi connectivity index (χ0v) is 20.6. The maximum atomic E-state index is 14.3. The first kappa shape index (κ1) is 25.2. The number of nitrogens with one attached hydrogen (secondary N) is 1. The largest absolute Gasteiger partial charge is 0.414 e. The third-order valence-corrected chi connectivity index (χ3v) is 7.00. The van der Waals surface area contributed by atoms with Crippen molar-refractivity contribution in [1.82, 2.24) is 20.1 Å². The number of nitrogens with zero attached hydrogens (tertiary/aromatic N) is 5. The molecule has 2 aliphatic rings. The first-order valence-corrected chi connectivity index (χ1v) is 12.0. The standard InChI is InChI=1S/C24H23ClF4N6O2/c1-12-32-33-23(37-12)35-10-14(11-35)22(36)34(2)21(24(27,28)29)19-6-4-15(9-30-19)31-16-7-13-3-5-18(25)20(26)17(13)8-16/h3-6,9,14,16,21,31H,7-8,10-11H2,1-2H3/t16?,21-/m0/s1. The molecule has 1 unspecified atom stereocenters. The predicted octanol–water partition coefficient (Wildman–Crippen LogP) is 4.34. The SMILES string of the molecule is Cc1nnc(N2CC(C(=O)N(C)[C@@H](c3ccc(NC4Cc5ccc(Cl)c(F)c5C4)cn3)C(F)(F)F)C2)o1. The lowest BCUT2D eigenvalue weighted by atomic mass is 9.98. The highest BCUT2D eigenvalue weighted by Gasteiger charge is 2.48. The van der Waals surface area contributed by atoms with Gasteiger partial charge in [-0.1, -0.05) is 22.8 Å². The van der Waals surface area contributed by atoms with Crippen LogP contribution in [0.1, 0.15) is 28.8 Å². The number of alkyl halides is 3. The molecule has 5 rings (SSSR count). The maximum absolute atomic E-state index is 14.3. The number of aromatic nitrogens is 3. The summed E-state index contributed by atoms with van der Waals surface area (Å²) >= 11 is 5.86. The van der Waals surface area contributed by atoms with Crippen LogP contribution in [0.4, 0.5) is 29.3 Å². The molecule has 1 aliphatic heterocycles. The third-order valence-electron chi connectivity index (χ3n) is 6.71. The molecule has 0 radical (unpaired) electrons. The highest BCUT2D eigenvalue weighted by atomic mass is 35.5. The Hall–Kier alpha value is -3.41. The summed E-state index contributed by atoms with van der Waals surface area (Å²) in [7, 11) is 1.13. The summed E-state index contributed by atoms with van der Waals surface area (Å²) in [5.74, 6) is -1.37. The Labute approximate surface area is 214 Å². The molecule has 1 aromatic carbocycles. The number of hydrogen-bond donors (Lipinski definition) is 1. The number of aryl methyl sites for hydroxylation is 1. The number of pyridine rings is 1. The molecule has 13 heteroatoms. The monoisotopic (exact) mass is 538 g/mol. The zero-order chi connectivity index (χ0) is 26.5. The molecule has 0 saturated carbocycles. The van der Waals surface area contributed by atoms with Gasteiger partial charge in [0.15, 0.2) is 6.04 Å². The lowest BCUT2D eigenvalue weighted by Gasteiger charge is -2.40. The van der Waals surface area contributed by atoms with Gasteiger partial charge in [-0.3, -0.25) is 9.78 Å². The number of amides is 1. The predicted molar refractivity (Wildman–Crippen MR) is 127 cm³/mol. The van der Waals surface area contributed by atoms with E-state index in [2.05, 4.69) is 20.5 Å². The van der Waals surface area contributed by atoms with Crippen LogP contribution in [0.2, 0.25) is 5.02 Å². The van der Waals surface area contributed by atoms with E-state index >= 15 is 0 Å². The van der Waals surface area contributed by atoms with Crippen LogP contribution >= 0.6 is 11.6 Å². The minimum Gasteiger partial charge on any atom is -0.408 e. The van der Waals surface area contributed by atoms with E-state index in [1.807, 2.05) is 0 Å². The first-order valence-electron chi connectivity index (χ1n) is 11.6. The fourth-order valence-electron chi connectivity index (χ4n) is 4.82. The van der Waals surface area contributed by atoms with Crippen LogP contribution in [-0.4, -0.2) is 58.3 Å². The van der Waals surface area contributed by atoms with Crippen molar-refractivity contribution in [3.8, 4) is 0 Å². The summed E-state index contributed by atoms with van der Waals surface area (Å²) in [4.78, 5) is 19.2. The fourth-order valence-corrected chi connectivity index (χ4v) is 5.00. The molecule has 2 aromatic heterocycles. The first-order chi connectivity index (χ1) is 17.5. The Kier molecular flexibility index (Phi) is 6.47. The van der Waals surface area contributed by atoms with E-state index < -0.39 is 29.9 Å². The van der Waals surface area contributed by atoms with Crippen molar-refractivity contribution in [2.24, 2.45) is 5.92 Å². The Bertz CT molecular complexity index is 1310. The maximum Gasteiger partial charge on any atom is 0.414 e. The molecule has 37 heavy (non-hydrogen) atoms. The summed E-state index contributed by atoms with van der Waals surface area (Å²) in [5, 5.41) is 10.8. The van der Waals surface area contributed by atoms with Gasteiger partial charge in [0.25, 0.3) is 0 Å². The molecule has 1 fully saturated rings. The highest BCUT2D eigenvalue weighted by Crippen LogP contribution is 2.38. The van der Waals surface area contributed by atoms with E-state index in [0.717, 1.165) is 12.6 Å². The number of carbonyl (C=O) groups is 1. The normalized spacial score (nSPS) is 18.4. The van der Waals surface area contributed by atoms with Gasteiger partial charge >= 0.3 is 12.2 Å². The van der Waals surface area contributed by atoms with Crippen LogP contribution in [0.25, 0.3) is 0 Å².